The van der Waals surface area contributed by atoms with Crippen molar-refractivity contribution >= 4 is 41.8 Å². The van der Waals surface area contributed by atoms with Crippen LogP contribution in [0.5, 0.6) is 5.75 Å². The highest BCUT2D eigenvalue weighted by Crippen LogP contribution is 2.11. The number of nitrogens with two attached hydrogens (primary N) is 2. The Kier molecular flexibility index (Phi) is 15.9. The Labute approximate surface area is 248 Å². The number of nitrogens with one attached hydrogen (secondary N) is 5. The number of benzene rings is 1. The largest absolute Gasteiger partial charge is 0.508 e. The Morgan fingerprint density at radius 1 is 0.814 bits per heavy atom. The first-order valence-corrected chi connectivity index (χ1v) is 13.7. The number of hydrogen-bond donors (Lipinski definition) is 9. The molecule has 0 radical (unpaired) electrons. The number of aromatic hydroxyl groups is 1. The second-order valence-corrected chi connectivity index (χ2v) is 9.85. The maximum atomic E-state index is 12.9. The maximum Gasteiger partial charge on any atom is 0.305 e. The number of carboxylic acid groups (broad SMARTS) is 1. The minimum absolute atomic E-state index is 0.0219. The molecule has 0 aliphatic heterocycles. The summed E-state index contributed by atoms with van der Waals surface area (Å²) in [5.41, 5.74) is 12.1. The van der Waals surface area contributed by atoms with Gasteiger partial charge in [-0.3, -0.25) is 28.8 Å². The van der Waals surface area contributed by atoms with Crippen molar-refractivity contribution in [3.05, 3.63) is 29.8 Å². The number of carbonyl (C=O) groups excluding carboxylic acids is 6. The average molecular weight is 608 g/mol. The summed E-state index contributed by atoms with van der Waals surface area (Å²) in [7, 11) is 0. The maximum absolute atomic E-state index is 12.9. The first kappa shape index (κ1) is 36.5. The van der Waals surface area contributed by atoms with Gasteiger partial charge in [-0.1, -0.05) is 12.1 Å². The number of aliphatic carboxylic acids is 1. The first-order valence-electron chi connectivity index (χ1n) is 13.7. The molecule has 0 aromatic heterocycles. The number of unbranched alkanes of at least 4 members (excludes halogenated alkanes) is 1. The van der Waals surface area contributed by atoms with E-state index in [1.165, 1.54) is 26.0 Å². The van der Waals surface area contributed by atoms with Crippen LogP contribution in [0.25, 0.3) is 0 Å². The minimum atomic E-state index is -1.57. The molecule has 11 N–H and O–H groups in total. The molecule has 0 bridgehead atoms. The standard InChI is InChI=1S/C27H41N7O9/c1-15(23(39)30-11-12-35)31-26(42)20(5-3-4-10-28)33-24(40)16(2)32-27(43)21(14-22(37)38)34-25(41)19(29)13-17-6-8-18(36)9-7-17/h6-9,12,15-16,19-21,36H,3-5,10-11,13-14,28-29H2,1-2H3,(H,30,39)(H,31,42)(H,32,43)(H,33,40)(H,34,41)(H,37,38)/t15-,16-,19-,20-,21-/m0/s1. The van der Waals surface area contributed by atoms with Crippen LogP contribution in [0.2, 0.25) is 0 Å². The van der Waals surface area contributed by atoms with E-state index in [-0.39, 0.29) is 25.1 Å². The number of aldehydes is 1. The summed E-state index contributed by atoms with van der Waals surface area (Å²) in [5, 5.41) is 30.5. The van der Waals surface area contributed by atoms with Crippen molar-refractivity contribution in [1.82, 2.24) is 26.6 Å². The van der Waals surface area contributed by atoms with Gasteiger partial charge in [0.1, 0.15) is 36.2 Å². The quantitative estimate of drug-likeness (QED) is 0.0570. The number of amides is 5. The van der Waals surface area contributed by atoms with Crippen molar-refractivity contribution < 1.29 is 43.8 Å². The topological polar surface area (TPSA) is 272 Å². The van der Waals surface area contributed by atoms with Crippen molar-refractivity contribution in [2.45, 2.75) is 76.2 Å². The van der Waals surface area contributed by atoms with Gasteiger partial charge in [0.2, 0.25) is 29.5 Å². The summed E-state index contributed by atoms with van der Waals surface area (Å²) in [5.74, 6) is -5.24. The molecular formula is C27H41N7O9. The van der Waals surface area contributed by atoms with Crippen molar-refractivity contribution in [3.63, 3.8) is 0 Å². The summed E-state index contributed by atoms with van der Waals surface area (Å²) in [6.07, 6.45) is 0.889. The highest BCUT2D eigenvalue weighted by atomic mass is 16.4. The molecule has 1 aromatic carbocycles. The minimum Gasteiger partial charge on any atom is -0.508 e. The van der Waals surface area contributed by atoms with Crippen LogP contribution in [-0.2, 0) is 40.0 Å². The van der Waals surface area contributed by atoms with E-state index in [1.807, 2.05) is 0 Å². The first-order chi connectivity index (χ1) is 20.3. The Morgan fingerprint density at radius 2 is 1.37 bits per heavy atom. The summed E-state index contributed by atoms with van der Waals surface area (Å²) in [6.45, 7) is 2.80. The van der Waals surface area contributed by atoms with Crippen LogP contribution in [0.1, 0.15) is 45.1 Å². The molecule has 0 saturated carbocycles. The van der Waals surface area contributed by atoms with Crippen LogP contribution in [0.4, 0.5) is 0 Å². The average Bonchev–Trinajstić information content (AvgIpc) is 2.95. The summed E-state index contributed by atoms with van der Waals surface area (Å²) < 4.78 is 0. The van der Waals surface area contributed by atoms with Crippen LogP contribution < -0.4 is 38.1 Å². The van der Waals surface area contributed by atoms with Gasteiger partial charge in [-0.05, 0) is 63.8 Å². The van der Waals surface area contributed by atoms with Crippen molar-refractivity contribution in [2.24, 2.45) is 11.5 Å². The fourth-order valence-corrected chi connectivity index (χ4v) is 3.75. The number of phenols is 1. The Balaban J connectivity index is 2.86. The number of carbonyl (C=O) groups is 7. The van der Waals surface area contributed by atoms with Gasteiger partial charge >= 0.3 is 5.97 Å². The third-order valence-corrected chi connectivity index (χ3v) is 6.18. The number of phenolic OH excluding ortho intramolecular Hbond substituents is 1. The molecular weight excluding hydrogens is 566 g/mol. The predicted octanol–water partition coefficient (Wildman–Crippen LogP) is -2.84. The van der Waals surface area contributed by atoms with Crippen LogP contribution in [0, 0.1) is 0 Å². The summed E-state index contributed by atoms with van der Waals surface area (Å²) >= 11 is 0. The molecule has 238 valence electrons. The zero-order chi connectivity index (χ0) is 32.5. The summed E-state index contributed by atoms with van der Waals surface area (Å²) in [6, 6.07) is -0.172. The zero-order valence-corrected chi connectivity index (χ0v) is 24.1. The van der Waals surface area contributed by atoms with E-state index in [1.54, 1.807) is 12.1 Å². The molecule has 0 spiro atoms. The molecule has 0 saturated heterocycles. The van der Waals surface area contributed by atoms with Crippen LogP contribution >= 0.6 is 0 Å². The van der Waals surface area contributed by atoms with E-state index in [4.69, 9.17) is 11.5 Å². The van der Waals surface area contributed by atoms with Gasteiger partial charge in [0.15, 0.2) is 0 Å². The molecule has 0 aliphatic rings. The molecule has 5 amide bonds. The SMILES string of the molecule is C[C@H](NC(=O)[C@H](CCCCN)NC(=O)[C@H](C)NC(=O)[C@H](CC(=O)O)NC(=O)[C@@H](N)Cc1ccc(O)cc1)C(=O)NCC=O. The third kappa shape index (κ3) is 13.8. The zero-order valence-electron chi connectivity index (χ0n) is 24.1. The molecule has 0 heterocycles. The third-order valence-electron chi connectivity index (χ3n) is 6.18. The van der Waals surface area contributed by atoms with Gasteiger partial charge in [-0.15, -0.1) is 0 Å². The number of carboxylic acids is 1. The molecule has 0 fully saturated rings. The molecule has 0 unspecified atom stereocenters. The highest BCUT2D eigenvalue weighted by Gasteiger charge is 2.30. The smallest absolute Gasteiger partial charge is 0.305 e. The van der Waals surface area contributed by atoms with Gasteiger partial charge in [0.25, 0.3) is 0 Å². The van der Waals surface area contributed by atoms with Crippen LogP contribution in [0.3, 0.4) is 0 Å². The Bertz CT molecular complexity index is 1130. The monoisotopic (exact) mass is 607 g/mol. The molecule has 0 aliphatic carbocycles. The number of rotatable bonds is 19. The molecule has 16 heteroatoms. The Hall–Kier alpha value is -4.57. The fraction of sp³-hybridized carbons (Fsp3) is 0.519. The van der Waals surface area contributed by atoms with Crippen LogP contribution in [-0.4, -0.2) is 95.3 Å². The van der Waals surface area contributed by atoms with Crippen LogP contribution in [0.15, 0.2) is 24.3 Å². The highest BCUT2D eigenvalue weighted by molar-refractivity contribution is 5.96. The lowest BCUT2D eigenvalue weighted by molar-refractivity contribution is -0.141. The van der Waals surface area contributed by atoms with E-state index in [0.717, 1.165) is 0 Å². The van der Waals surface area contributed by atoms with Gasteiger partial charge in [-0.25, -0.2) is 0 Å². The lowest BCUT2D eigenvalue weighted by Crippen LogP contribution is -2.58. The molecule has 43 heavy (non-hydrogen) atoms. The van der Waals surface area contributed by atoms with E-state index in [2.05, 4.69) is 26.6 Å². The normalized spacial score (nSPS) is 14.1. The molecule has 1 aromatic rings. The summed E-state index contributed by atoms with van der Waals surface area (Å²) in [4.78, 5) is 85.1. The van der Waals surface area contributed by atoms with E-state index in [0.29, 0.717) is 31.2 Å². The second kappa shape index (κ2) is 18.8. The van der Waals surface area contributed by atoms with Crippen molar-refractivity contribution in [1.29, 1.82) is 0 Å². The lowest BCUT2D eigenvalue weighted by atomic mass is 10.0. The van der Waals surface area contributed by atoms with Gasteiger partial charge < -0.3 is 53.1 Å². The Morgan fingerprint density at radius 3 is 1.93 bits per heavy atom. The molecule has 5 atom stereocenters. The fourth-order valence-electron chi connectivity index (χ4n) is 3.75. The second-order valence-electron chi connectivity index (χ2n) is 9.85. The predicted molar refractivity (Wildman–Crippen MR) is 153 cm³/mol. The molecule has 1 rings (SSSR count). The van der Waals surface area contributed by atoms with Crippen molar-refractivity contribution in [3.8, 4) is 5.75 Å². The lowest BCUT2D eigenvalue weighted by Gasteiger charge is -2.24. The van der Waals surface area contributed by atoms with Gasteiger partial charge in [0, 0.05) is 0 Å². The number of hydrogen-bond acceptors (Lipinski definition) is 10. The van der Waals surface area contributed by atoms with E-state index >= 15 is 0 Å². The van der Waals surface area contributed by atoms with Crippen molar-refractivity contribution in [2.75, 3.05) is 13.1 Å². The van der Waals surface area contributed by atoms with E-state index in [9.17, 15) is 43.8 Å². The van der Waals surface area contributed by atoms with E-state index < -0.39 is 72.1 Å². The van der Waals surface area contributed by atoms with Gasteiger partial charge in [-0.2, -0.15) is 0 Å². The van der Waals surface area contributed by atoms with Gasteiger partial charge in [0.05, 0.1) is 19.0 Å². The molecule has 16 nitrogen and oxygen atoms in total.